The van der Waals surface area contributed by atoms with E-state index < -0.39 is 0 Å². The fraction of sp³-hybridized carbons (Fsp3) is 0.269. The zero-order valence-electron chi connectivity index (χ0n) is 17.9. The van der Waals surface area contributed by atoms with E-state index in [9.17, 15) is 4.79 Å². The molecule has 160 valence electrons. The molecule has 1 amide bonds. The van der Waals surface area contributed by atoms with E-state index in [1.165, 1.54) is 5.56 Å². The van der Waals surface area contributed by atoms with Gasteiger partial charge >= 0.3 is 0 Å². The quantitative estimate of drug-likeness (QED) is 0.578. The number of benzene rings is 3. The van der Waals surface area contributed by atoms with Gasteiger partial charge in [-0.3, -0.25) is 9.69 Å². The molecule has 0 saturated carbocycles. The molecule has 0 unspecified atom stereocenters. The summed E-state index contributed by atoms with van der Waals surface area (Å²) in [6.07, 6.45) is 0. The van der Waals surface area contributed by atoms with E-state index in [0.717, 1.165) is 49.8 Å². The van der Waals surface area contributed by atoms with Crippen LogP contribution in [0.4, 0.5) is 0 Å². The molecule has 1 saturated heterocycles. The fourth-order valence-corrected chi connectivity index (χ4v) is 3.72. The smallest absolute Gasteiger partial charge is 0.253 e. The van der Waals surface area contributed by atoms with Gasteiger partial charge in [-0.25, -0.2) is 0 Å². The number of amides is 1. The van der Waals surface area contributed by atoms with Gasteiger partial charge in [-0.2, -0.15) is 0 Å². The van der Waals surface area contributed by atoms with Gasteiger partial charge in [0.15, 0.2) is 0 Å². The number of hydrogen-bond acceptors (Lipinski definition) is 4. The van der Waals surface area contributed by atoms with Gasteiger partial charge in [-0.05, 0) is 47.5 Å². The van der Waals surface area contributed by atoms with Crippen molar-refractivity contribution in [1.82, 2.24) is 9.80 Å². The summed E-state index contributed by atoms with van der Waals surface area (Å²) in [5, 5.41) is 0. The number of hydrogen-bond donors (Lipinski definition) is 0. The minimum atomic E-state index is 0.0821. The first-order valence-electron chi connectivity index (χ1n) is 10.6. The van der Waals surface area contributed by atoms with Crippen LogP contribution < -0.4 is 9.47 Å². The summed E-state index contributed by atoms with van der Waals surface area (Å²) in [5.74, 6) is 1.72. The van der Waals surface area contributed by atoms with E-state index in [4.69, 9.17) is 9.47 Å². The molecule has 4 rings (SSSR count). The van der Waals surface area contributed by atoms with Crippen LogP contribution in [0.25, 0.3) is 0 Å². The first kappa shape index (κ1) is 20.9. The number of carbonyl (C=O) groups is 1. The molecule has 0 N–H and O–H groups in total. The largest absolute Gasteiger partial charge is 0.497 e. The van der Waals surface area contributed by atoms with E-state index in [-0.39, 0.29) is 5.91 Å². The second-order valence-corrected chi connectivity index (χ2v) is 7.72. The van der Waals surface area contributed by atoms with Crippen LogP contribution in [0.2, 0.25) is 0 Å². The summed E-state index contributed by atoms with van der Waals surface area (Å²) in [4.78, 5) is 17.2. The Labute approximate surface area is 183 Å². The zero-order chi connectivity index (χ0) is 21.5. The summed E-state index contributed by atoms with van der Waals surface area (Å²) < 4.78 is 11.0. The Bertz CT molecular complexity index is 964. The molecule has 3 aromatic carbocycles. The number of ether oxygens (including phenoxy) is 2. The van der Waals surface area contributed by atoms with E-state index in [1.807, 2.05) is 71.6 Å². The third-order valence-corrected chi connectivity index (χ3v) is 5.57. The van der Waals surface area contributed by atoms with Crippen LogP contribution in [-0.4, -0.2) is 49.0 Å². The number of carbonyl (C=O) groups excluding carboxylic acids is 1. The number of methoxy groups -OCH3 is 1. The summed E-state index contributed by atoms with van der Waals surface area (Å²) in [6, 6.07) is 25.7. The molecule has 0 spiro atoms. The Hall–Kier alpha value is -3.31. The van der Waals surface area contributed by atoms with Crippen molar-refractivity contribution in [3.63, 3.8) is 0 Å². The molecule has 31 heavy (non-hydrogen) atoms. The molecule has 0 radical (unpaired) electrons. The normalized spacial score (nSPS) is 14.3. The Balaban J connectivity index is 1.26. The highest BCUT2D eigenvalue weighted by Gasteiger charge is 2.22. The molecule has 1 aliphatic rings. The lowest BCUT2D eigenvalue weighted by Crippen LogP contribution is -2.48. The van der Waals surface area contributed by atoms with Crippen molar-refractivity contribution < 1.29 is 14.3 Å². The Morgan fingerprint density at radius 1 is 0.774 bits per heavy atom. The van der Waals surface area contributed by atoms with Gasteiger partial charge in [-0.1, -0.05) is 42.5 Å². The van der Waals surface area contributed by atoms with Crippen molar-refractivity contribution >= 4 is 5.91 Å². The van der Waals surface area contributed by atoms with Gasteiger partial charge in [0.2, 0.25) is 0 Å². The first-order valence-corrected chi connectivity index (χ1v) is 10.6. The molecule has 5 heteroatoms. The van der Waals surface area contributed by atoms with Crippen LogP contribution in [0.3, 0.4) is 0 Å². The van der Waals surface area contributed by atoms with Gasteiger partial charge in [0.05, 0.1) is 7.11 Å². The highest BCUT2D eigenvalue weighted by atomic mass is 16.5. The van der Waals surface area contributed by atoms with Crippen LogP contribution in [0.15, 0.2) is 78.9 Å². The average molecular weight is 417 g/mol. The monoisotopic (exact) mass is 416 g/mol. The summed E-state index contributed by atoms with van der Waals surface area (Å²) >= 11 is 0. The molecule has 3 aromatic rings. The molecule has 0 atom stereocenters. The van der Waals surface area contributed by atoms with Crippen molar-refractivity contribution in [3.05, 3.63) is 95.6 Å². The predicted molar refractivity (Wildman–Crippen MR) is 121 cm³/mol. The van der Waals surface area contributed by atoms with E-state index in [1.54, 1.807) is 7.11 Å². The minimum Gasteiger partial charge on any atom is -0.497 e. The minimum absolute atomic E-state index is 0.0821. The molecular weight excluding hydrogens is 388 g/mol. The fourth-order valence-electron chi connectivity index (χ4n) is 3.72. The standard InChI is InChI=1S/C26H28N2O3/c1-30-24-11-7-21(8-12-24)19-27-15-17-28(18-16-27)26(29)23-9-13-25(14-10-23)31-20-22-5-3-2-4-6-22/h2-14H,15-20H2,1H3. The van der Waals surface area contributed by atoms with Gasteiger partial charge in [0, 0.05) is 38.3 Å². The van der Waals surface area contributed by atoms with E-state index in [0.29, 0.717) is 12.2 Å². The van der Waals surface area contributed by atoms with Gasteiger partial charge < -0.3 is 14.4 Å². The van der Waals surface area contributed by atoms with Gasteiger partial charge in [0.25, 0.3) is 5.91 Å². The SMILES string of the molecule is COc1ccc(CN2CCN(C(=O)c3ccc(OCc4ccccc4)cc3)CC2)cc1. The van der Waals surface area contributed by atoms with Crippen LogP contribution in [0, 0.1) is 0 Å². The van der Waals surface area contributed by atoms with Crippen LogP contribution >= 0.6 is 0 Å². The maximum atomic E-state index is 12.9. The van der Waals surface area contributed by atoms with Crippen molar-refractivity contribution in [2.45, 2.75) is 13.2 Å². The molecule has 0 aromatic heterocycles. The Morgan fingerprint density at radius 3 is 2.06 bits per heavy atom. The second-order valence-electron chi connectivity index (χ2n) is 7.72. The summed E-state index contributed by atoms with van der Waals surface area (Å²) in [6.45, 7) is 4.62. The second kappa shape index (κ2) is 10.1. The third kappa shape index (κ3) is 5.64. The Morgan fingerprint density at radius 2 is 1.42 bits per heavy atom. The topological polar surface area (TPSA) is 42.0 Å². The number of piperazine rings is 1. The maximum Gasteiger partial charge on any atom is 0.253 e. The van der Waals surface area contributed by atoms with Gasteiger partial charge in [0.1, 0.15) is 18.1 Å². The molecule has 1 aliphatic heterocycles. The zero-order valence-corrected chi connectivity index (χ0v) is 17.9. The van der Waals surface area contributed by atoms with E-state index >= 15 is 0 Å². The van der Waals surface area contributed by atoms with Crippen molar-refractivity contribution in [3.8, 4) is 11.5 Å². The lowest BCUT2D eigenvalue weighted by atomic mass is 10.1. The van der Waals surface area contributed by atoms with Crippen molar-refractivity contribution in [1.29, 1.82) is 0 Å². The Kier molecular flexibility index (Phi) is 6.85. The lowest BCUT2D eigenvalue weighted by Gasteiger charge is -2.34. The summed E-state index contributed by atoms with van der Waals surface area (Å²) in [7, 11) is 1.68. The molecule has 0 aliphatic carbocycles. The molecule has 1 heterocycles. The number of nitrogens with zero attached hydrogens (tertiary/aromatic N) is 2. The molecule has 0 bridgehead atoms. The molecule has 1 fully saturated rings. The average Bonchev–Trinajstić information content (AvgIpc) is 2.84. The first-order chi connectivity index (χ1) is 15.2. The van der Waals surface area contributed by atoms with Crippen molar-refractivity contribution in [2.24, 2.45) is 0 Å². The highest BCUT2D eigenvalue weighted by molar-refractivity contribution is 5.94. The van der Waals surface area contributed by atoms with Gasteiger partial charge in [-0.15, -0.1) is 0 Å². The van der Waals surface area contributed by atoms with Crippen molar-refractivity contribution in [2.75, 3.05) is 33.3 Å². The highest BCUT2D eigenvalue weighted by Crippen LogP contribution is 2.18. The van der Waals surface area contributed by atoms with E-state index in [2.05, 4.69) is 17.0 Å². The molecular formula is C26H28N2O3. The lowest BCUT2D eigenvalue weighted by molar-refractivity contribution is 0.0628. The summed E-state index contributed by atoms with van der Waals surface area (Å²) in [5.41, 5.74) is 3.08. The number of rotatable bonds is 7. The van der Waals surface area contributed by atoms with Crippen LogP contribution in [0.5, 0.6) is 11.5 Å². The predicted octanol–water partition coefficient (Wildman–Crippen LogP) is 4.23. The molecule has 5 nitrogen and oxygen atoms in total. The maximum absolute atomic E-state index is 12.9. The third-order valence-electron chi connectivity index (χ3n) is 5.57. The van der Waals surface area contributed by atoms with Crippen LogP contribution in [-0.2, 0) is 13.2 Å². The van der Waals surface area contributed by atoms with Crippen LogP contribution in [0.1, 0.15) is 21.5 Å².